The summed E-state index contributed by atoms with van der Waals surface area (Å²) >= 11 is 0. The molecule has 1 amide bonds. The van der Waals surface area contributed by atoms with Crippen molar-refractivity contribution in [2.45, 2.75) is 33.7 Å². The highest BCUT2D eigenvalue weighted by Crippen LogP contribution is 2.34. The molecule has 0 aliphatic rings. The van der Waals surface area contributed by atoms with Gasteiger partial charge in [0.1, 0.15) is 0 Å². The smallest absolute Gasteiger partial charge is 0.251 e. The summed E-state index contributed by atoms with van der Waals surface area (Å²) in [4.78, 5) is 14.2. The van der Waals surface area contributed by atoms with Gasteiger partial charge in [-0.15, -0.1) is 0 Å². The Labute approximate surface area is 138 Å². The molecule has 0 aliphatic carbocycles. The number of carbonyl (C=O) groups is 1. The molecular formula is C19H27N3O. The summed E-state index contributed by atoms with van der Waals surface area (Å²) in [6.07, 6.45) is 1.04. The second-order valence-electron chi connectivity index (χ2n) is 6.41. The van der Waals surface area contributed by atoms with Crippen molar-refractivity contribution >= 4 is 5.91 Å². The van der Waals surface area contributed by atoms with Gasteiger partial charge in [-0.3, -0.25) is 4.79 Å². The highest BCUT2D eigenvalue weighted by atomic mass is 16.1. The summed E-state index contributed by atoms with van der Waals surface area (Å²) in [6.45, 7) is 8.05. The molecule has 0 bridgehead atoms. The van der Waals surface area contributed by atoms with E-state index >= 15 is 0 Å². The topological polar surface area (TPSA) is 51.3 Å². The fraction of sp³-hybridized carbons (Fsp3) is 0.421. The van der Waals surface area contributed by atoms with Crippen LogP contribution in [0.3, 0.4) is 0 Å². The van der Waals surface area contributed by atoms with E-state index in [1.165, 1.54) is 0 Å². The second kappa shape index (κ2) is 7.01. The van der Waals surface area contributed by atoms with Crippen molar-refractivity contribution in [3.05, 3.63) is 46.8 Å². The molecule has 2 rings (SSSR count). The van der Waals surface area contributed by atoms with E-state index in [0.717, 1.165) is 47.6 Å². The lowest BCUT2D eigenvalue weighted by Gasteiger charge is -2.13. The number of nitrogens with two attached hydrogens (primary N) is 1. The molecule has 0 spiro atoms. The van der Waals surface area contributed by atoms with Crippen LogP contribution in [0.1, 0.15) is 33.7 Å². The quantitative estimate of drug-likeness (QED) is 0.891. The van der Waals surface area contributed by atoms with Gasteiger partial charge in [-0.2, -0.15) is 0 Å². The predicted octanol–water partition coefficient (Wildman–Crippen LogP) is 3.13. The maximum atomic E-state index is 12.1. The van der Waals surface area contributed by atoms with Gasteiger partial charge >= 0.3 is 0 Å². The lowest BCUT2D eigenvalue weighted by molar-refractivity contribution is 0.1000. The Morgan fingerprint density at radius 3 is 2.35 bits per heavy atom. The van der Waals surface area contributed by atoms with Gasteiger partial charge in [-0.05, 0) is 59.0 Å². The van der Waals surface area contributed by atoms with Gasteiger partial charge in [0.25, 0.3) is 5.91 Å². The zero-order valence-corrected chi connectivity index (χ0v) is 14.8. The van der Waals surface area contributed by atoms with Crippen LogP contribution in [-0.4, -0.2) is 36.0 Å². The highest BCUT2D eigenvalue weighted by molar-refractivity contribution is 6.02. The zero-order valence-electron chi connectivity index (χ0n) is 14.8. The molecule has 0 radical (unpaired) electrons. The van der Waals surface area contributed by atoms with E-state index in [0.29, 0.717) is 5.56 Å². The van der Waals surface area contributed by atoms with Gasteiger partial charge in [-0.1, -0.05) is 24.3 Å². The number of aromatic nitrogens is 1. The molecule has 23 heavy (non-hydrogen) atoms. The van der Waals surface area contributed by atoms with Crippen LogP contribution in [0.15, 0.2) is 24.3 Å². The van der Waals surface area contributed by atoms with E-state index in [1.54, 1.807) is 0 Å². The summed E-state index contributed by atoms with van der Waals surface area (Å²) in [6, 6.07) is 8.15. The van der Waals surface area contributed by atoms with Crippen LogP contribution in [0.5, 0.6) is 0 Å². The molecular weight excluding hydrogens is 286 g/mol. The first-order valence-electron chi connectivity index (χ1n) is 8.04. The number of hydrogen-bond acceptors (Lipinski definition) is 2. The number of primary amides is 1. The Bertz CT molecular complexity index is 714. The molecule has 0 saturated heterocycles. The fourth-order valence-electron chi connectivity index (χ4n) is 3.25. The minimum Gasteiger partial charge on any atom is -0.366 e. The summed E-state index contributed by atoms with van der Waals surface area (Å²) < 4.78 is 2.23. The van der Waals surface area contributed by atoms with E-state index < -0.39 is 0 Å². The number of hydrogen-bond donors (Lipinski definition) is 1. The van der Waals surface area contributed by atoms with Gasteiger partial charge < -0.3 is 15.2 Å². The van der Waals surface area contributed by atoms with Crippen LogP contribution in [0, 0.1) is 20.8 Å². The van der Waals surface area contributed by atoms with Crippen molar-refractivity contribution in [3.8, 4) is 11.1 Å². The lowest BCUT2D eigenvalue weighted by Crippen LogP contribution is -2.16. The zero-order chi connectivity index (χ0) is 17.1. The Morgan fingerprint density at radius 2 is 1.78 bits per heavy atom. The Morgan fingerprint density at radius 1 is 1.13 bits per heavy atom. The number of benzene rings is 1. The Kier molecular flexibility index (Phi) is 5.26. The molecule has 124 valence electrons. The molecule has 0 saturated carbocycles. The average molecular weight is 313 g/mol. The second-order valence-corrected chi connectivity index (χ2v) is 6.41. The van der Waals surface area contributed by atoms with E-state index in [9.17, 15) is 4.79 Å². The number of nitrogens with zero attached hydrogens (tertiary/aromatic N) is 2. The van der Waals surface area contributed by atoms with Crippen molar-refractivity contribution in [2.24, 2.45) is 5.73 Å². The molecule has 2 aromatic rings. The standard InChI is InChI=1S/C19H27N3O/c1-13-9-6-7-10-16(13)17-14(2)22(12-8-11-21(4)5)15(3)18(17)19(20)23/h6-7,9-10H,8,11-12H2,1-5H3,(H2,20,23). The van der Waals surface area contributed by atoms with Gasteiger partial charge in [0.05, 0.1) is 5.56 Å². The molecule has 0 unspecified atom stereocenters. The molecule has 1 aromatic carbocycles. The molecule has 0 fully saturated rings. The predicted molar refractivity (Wildman–Crippen MR) is 95.8 cm³/mol. The highest BCUT2D eigenvalue weighted by Gasteiger charge is 2.23. The van der Waals surface area contributed by atoms with E-state index in [4.69, 9.17) is 5.73 Å². The minimum absolute atomic E-state index is 0.352. The fourth-order valence-corrected chi connectivity index (χ4v) is 3.25. The first-order valence-corrected chi connectivity index (χ1v) is 8.04. The molecule has 0 atom stereocenters. The van der Waals surface area contributed by atoms with Crippen LogP contribution < -0.4 is 5.73 Å². The van der Waals surface area contributed by atoms with Gasteiger partial charge in [0.15, 0.2) is 0 Å². The number of amides is 1. The number of rotatable bonds is 6. The Balaban J connectivity index is 2.54. The van der Waals surface area contributed by atoms with Crippen LogP contribution in [0.25, 0.3) is 11.1 Å². The van der Waals surface area contributed by atoms with Crippen LogP contribution >= 0.6 is 0 Å². The third-order valence-electron chi connectivity index (χ3n) is 4.43. The minimum atomic E-state index is -0.352. The summed E-state index contributed by atoms with van der Waals surface area (Å²) in [5.74, 6) is -0.352. The first-order chi connectivity index (χ1) is 10.8. The van der Waals surface area contributed by atoms with Crippen LogP contribution in [0.4, 0.5) is 0 Å². The van der Waals surface area contributed by atoms with Crippen molar-refractivity contribution in [3.63, 3.8) is 0 Å². The van der Waals surface area contributed by atoms with Crippen molar-refractivity contribution in [1.82, 2.24) is 9.47 Å². The van der Waals surface area contributed by atoms with Crippen molar-refractivity contribution in [1.29, 1.82) is 0 Å². The van der Waals surface area contributed by atoms with Gasteiger partial charge in [0.2, 0.25) is 0 Å². The third kappa shape index (κ3) is 3.48. The lowest BCUT2D eigenvalue weighted by atomic mass is 9.96. The summed E-state index contributed by atoms with van der Waals surface area (Å²) in [7, 11) is 4.14. The van der Waals surface area contributed by atoms with Gasteiger partial charge in [0, 0.05) is 23.5 Å². The van der Waals surface area contributed by atoms with E-state index in [1.807, 2.05) is 19.1 Å². The summed E-state index contributed by atoms with van der Waals surface area (Å²) in [5.41, 5.74) is 11.7. The normalized spacial score (nSPS) is 11.2. The number of aryl methyl sites for hydroxylation is 1. The largest absolute Gasteiger partial charge is 0.366 e. The SMILES string of the molecule is Cc1ccccc1-c1c(C(N)=O)c(C)n(CCCN(C)C)c1C. The average Bonchev–Trinajstić information content (AvgIpc) is 2.72. The van der Waals surface area contributed by atoms with E-state index in [-0.39, 0.29) is 5.91 Å². The van der Waals surface area contributed by atoms with Crippen molar-refractivity contribution in [2.75, 3.05) is 20.6 Å². The van der Waals surface area contributed by atoms with Gasteiger partial charge in [-0.25, -0.2) is 0 Å². The molecule has 4 nitrogen and oxygen atoms in total. The summed E-state index contributed by atoms with van der Waals surface area (Å²) in [5, 5.41) is 0. The molecule has 0 aliphatic heterocycles. The van der Waals surface area contributed by atoms with E-state index in [2.05, 4.69) is 49.5 Å². The first kappa shape index (κ1) is 17.3. The number of carbonyl (C=O) groups excluding carboxylic acids is 1. The molecule has 1 heterocycles. The molecule has 1 aromatic heterocycles. The molecule has 2 N–H and O–H groups in total. The van der Waals surface area contributed by atoms with Crippen LogP contribution in [-0.2, 0) is 6.54 Å². The maximum absolute atomic E-state index is 12.1. The maximum Gasteiger partial charge on any atom is 0.251 e. The van der Waals surface area contributed by atoms with Crippen molar-refractivity contribution < 1.29 is 4.79 Å². The molecule has 4 heteroatoms. The third-order valence-corrected chi connectivity index (χ3v) is 4.43. The Hall–Kier alpha value is -2.07. The monoisotopic (exact) mass is 313 g/mol. The van der Waals surface area contributed by atoms with Crippen LogP contribution in [0.2, 0.25) is 0 Å².